The summed E-state index contributed by atoms with van der Waals surface area (Å²) in [6, 6.07) is 18.3. The van der Waals surface area contributed by atoms with Gasteiger partial charge in [0, 0.05) is 0 Å². The molecule has 8 heteroatoms. The maximum atomic E-state index is 12.6. The largest absolute Gasteiger partial charge is 0.491 e. The highest BCUT2D eigenvalue weighted by atomic mass is 16.6. The van der Waals surface area contributed by atoms with Gasteiger partial charge < -0.3 is 28.4 Å². The Balaban J connectivity index is 1.14. The van der Waals surface area contributed by atoms with Crippen LogP contribution in [0.2, 0.25) is 0 Å². The molecule has 0 bridgehead atoms. The summed E-state index contributed by atoms with van der Waals surface area (Å²) in [6.07, 6.45) is 0. The third kappa shape index (κ3) is 6.47. The van der Waals surface area contributed by atoms with Gasteiger partial charge in [-0.3, -0.25) is 0 Å². The van der Waals surface area contributed by atoms with Gasteiger partial charge in [-0.1, -0.05) is 0 Å². The minimum absolute atomic E-state index is 0.209. The van der Waals surface area contributed by atoms with E-state index >= 15 is 0 Å². The van der Waals surface area contributed by atoms with E-state index in [0.29, 0.717) is 66.1 Å². The Morgan fingerprint density at radius 1 is 0.703 bits per heavy atom. The molecule has 0 saturated carbocycles. The van der Waals surface area contributed by atoms with E-state index in [9.17, 15) is 9.59 Å². The second kappa shape index (κ2) is 9.88. The van der Waals surface area contributed by atoms with E-state index < -0.39 is 11.9 Å². The van der Waals surface area contributed by atoms with E-state index in [-0.39, 0.29) is 11.2 Å². The highest BCUT2D eigenvalue weighted by molar-refractivity contribution is 5.92. The van der Waals surface area contributed by atoms with E-state index in [2.05, 4.69) is 0 Å². The number of ether oxygens (including phenoxy) is 6. The molecule has 0 N–H and O–H groups in total. The van der Waals surface area contributed by atoms with Gasteiger partial charge in [-0.25, -0.2) is 9.59 Å². The minimum atomic E-state index is -0.502. The number of rotatable bonds is 10. The number of carbonyl (C=O) groups is 2. The molecular formula is C29H28O8. The van der Waals surface area contributed by atoms with Crippen molar-refractivity contribution in [1.29, 1.82) is 0 Å². The maximum absolute atomic E-state index is 12.6. The van der Waals surface area contributed by atoms with Crippen LogP contribution >= 0.6 is 0 Å². The lowest BCUT2D eigenvalue weighted by atomic mass is 10.2. The fourth-order valence-electron chi connectivity index (χ4n) is 3.38. The lowest BCUT2D eigenvalue weighted by molar-refractivity contribution is 0.0718. The summed E-state index contributed by atoms with van der Waals surface area (Å²) >= 11 is 0. The Morgan fingerprint density at radius 3 is 1.57 bits per heavy atom. The SMILES string of the molecule is Cc1cc(OC(=O)c2ccc(OCC3(C)CO3)cc2)ccc1OC(=O)c1ccc(OCC2(C)CO2)cc1. The highest BCUT2D eigenvalue weighted by Crippen LogP contribution is 2.29. The van der Waals surface area contributed by atoms with E-state index in [1.54, 1.807) is 73.7 Å². The average molecular weight is 505 g/mol. The van der Waals surface area contributed by atoms with E-state index in [1.165, 1.54) is 0 Å². The molecule has 0 radical (unpaired) electrons. The zero-order chi connectivity index (χ0) is 26.0. The van der Waals surface area contributed by atoms with Crippen molar-refractivity contribution in [2.24, 2.45) is 0 Å². The summed E-state index contributed by atoms with van der Waals surface area (Å²) in [6.45, 7) is 8.03. The van der Waals surface area contributed by atoms with Gasteiger partial charge in [-0.15, -0.1) is 0 Å². The number of epoxide rings is 2. The first kappa shape index (κ1) is 24.8. The lowest BCUT2D eigenvalue weighted by Crippen LogP contribution is -2.17. The van der Waals surface area contributed by atoms with E-state index in [1.807, 2.05) is 13.8 Å². The standard InChI is InChI=1S/C29H28O8/c1-19-14-24(36-26(30)20-4-8-22(9-5-20)32-15-28(2)17-34-28)12-13-25(19)37-27(31)21-6-10-23(11-7-21)33-16-29(3)18-35-29/h4-14H,15-18H2,1-3H3. The summed E-state index contributed by atoms with van der Waals surface area (Å²) in [4.78, 5) is 25.2. The van der Waals surface area contributed by atoms with Crippen LogP contribution in [0.4, 0.5) is 0 Å². The van der Waals surface area contributed by atoms with Crippen LogP contribution in [-0.2, 0) is 9.47 Å². The van der Waals surface area contributed by atoms with Crippen LogP contribution in [0.15, 0.2) is 66.7 Å². The summed E-state index contributed by atoms with van der Waals surface area (Å²) < 4.78 is 33.0. The fraction of sp³-hybridized carbons (Fsp3) is 0.310. The Hall–Kier alpha value is -3.88. The summed E-state index contributed by atoms with van der Waals surface area (Å²) in [7, 11) is 0. The van der Waals surface area contributed by atoms with Gasteiger partial charge >= 0.3 is 11.9 Å². The zero-order valence-electron chi connectivity index (χ0n) is 20.9. The van der Waals surface area contributed by atoms with E-state index in [0.717, 1.165) is 0 Å². The molecule has 2 aliphatic rings. The van der Waals surface area contributed by atoms with Gasteiger partial charge in [0.1, 0.15) is 47.4 Å². The van der Waals surface area contributed by atoms with Crippen LogP contribution in [0.5, 0.6) is 23.0 Å². The van der Waals surface area contributed by atoms with Crippen molar-refractivity contribution in [3.63, 3.8) is 0 Å². The third-order valence-corrected chi connectivity index (χ3v) is 6.10. The van der Waals surface area contributed by atoms with Gasteiger partial charge in [0.25, 0.3) is 0 Å². The lowest BCUT2D eigenvalue weighted by Gasteiger charge is -2.11. The molecule has 2 fully saturated rings. The van der Waals surface area contributed by atoms with Crippen LogP contribution in [-0.4, -0.2) is 49.6 Å². The molecule has 8 nitrogen and oxygen atoms in total. The van der Waals surface area contributed by atoms with Crippen molar-refractivity contribution < 1.29 is 38.0 Å². The number of carbonyl (C=O) groups excluding carboxylic acids is 2. The number of aryl methyl sites for hydroxylation is 1. The molecule has 3 aromatic carbocycles. The van der Waals surface area contributed by atoms with Crippen LogP contribution in [0.1, 0.15) is 40.1 Å². The van der Waals surface area contributed by atoms with Crippen LogP contribution in [0.3, 0.4) is 0 Å². The molecule has 2 heterocycles. The Bertz CT molecular complexity index is 1290. The Kier molecular flexibility index (Phi) is 6.62. The molecule has 0 spiro atoms. The molecule has 5 rings (SSSR count). The molecule has 0 aromatic heterocycles. The molecule has 2 unspecified atom stereocenters. The van der Waals surface area contributed by atoms with Crippen LogP contribution in [0.25, 0.3) is 0 Å². The maximum Gasteiger partial charge on any atom is 0.343 e. The smallest absolute Gasteiger partial charge is 0.343 e. The topological polar surface area (TPSA) is 96.1 Å². The molecule has 2 aliphatic heterocycles. The van der Waals surface area contributed by atoms with Crippen LogP contribution < -0.4 is 18.9 Å². The molecule has 3 aromatic rings. The highest BCUT2D eigenvalue weighted by Gasteiger charge is 2.40. The normalized spacial score (nSPS) is 21.6. The van der Waals surface area contributed by atoms with Crippen molar-refractivity contribution >= 4 is 11.9 Å². The van der Waals surface area contributed by atoms with Crippen molar-refractivity contribution in [3.8, 4) is 23.0 Å². The molecular weight excluding hydrogens is 476 g/mol. The molecule has 0 amide bonds. The number of hydrogen-bond donors (Lipinski definition) is 0. The summed E-state index contributed by atoms with van der Waals surface area (Å²) in [5.41, 5.74) is 1.01. The second-order valence-electron chi connectivity index (χ2n) is 9.81. The monoisotopic (exact) mass is 504 g/mol. The zero-order valence-corrected chi connectivity index (χ0v) is 20.9. The Labute approximate surface area is 215 Å². The molecule has 2 saturated heterocycles. The van der Waals surface area contributed by atoms with E-state index in [4.69, 9.17) is 28.4 Å². The van der Waals surface area contributed by atoms with Gasteiger partial charge in [0.2, 0.25) is 0 Å². The first-order chi connectivity index (χ1) is 17.7. The number of benzene rings is 3. The van der Waals surface area contributed by atoms with Crippen LogP contribution in [0, 0.1) is 6.92 Å². The van der Waals surface area contributed by atoms with Crippen molar-refractivity contribution in [1.82, 2.24) is 0 Å². The first-order valence-corrected chi connectivity index (χ1v) is 12.0. The molecule has 192 valence electrons. The fourth-order valence-corrected chi connectivity index (χ4v) is 3.38. The number of esters is 2. The average Bonchev–Trinajstić information content (AvgIpc) is 3.82. The first-order valence-electron chi connectivity index (χ1n) is 12.0. The van der Waals surface area contributed by atoms with Gasteiger partial charge in [0.05, 0.1) is 24.3 Å². The predicted octanol–water partition coefficient (Wildman–Crippen LogP) is 4.77. The van der Waals surface area contributed by atoms with Gasteiger partial charge in [-0.05, 0) is 93.1 Å². The Morgan fingerprint density at radius 2 is 1.14 bits per heavy atom. The van der Waals surface area contributed by atoms with Gasteiger partial charge in [-0.2, -0.15) is 0 Å². The van der Waals surface area contributed by atoms with Crippen molar-refractivity contribution in [3.05, 3.63) is 83.4 Å². The summed E-state index contributed by atoms with van der Waals surface area (Å²) in [5.74, 6) is 1.02. The minimum Gasteiger partial charge on any atom is -0.491 e. The number of hydrogen-bond acceptors (Lipinski definition) is 8. The summed E-state index contributed by atoms with van der Waals surface area (Å²) in [5, 5.41) is 0. The molecule has 37 heavy (non-hydrogen) atoms. The molecule has 0 aliphatic carbocycles. The third-order valence-electron chi connectivity index (χ3n) is 6.10. The second-order valence-corrected chi connectivity index (χ2v) is 9.81. The quantitative estimate of drug-likeness (QED) is 0.221. The van der Waals surface area contributed by atoms with Gasteiger partial charge in [0.15, 0.2) is 0 Å². The molecule has 2 atom stereocenters. The van der Waals surface area contributed by atoms with Crippen molar-refractivity contribution in [2.75, 3.05) is 26.4 Å². The van der Waals surface area contributed by atoms with Crippen molar-refractivity contribution in [2.45, 2.75) is 32.0 Å². The predicted molar refractivity (Wildman–Crippen MR) is 134 cm³/mol.